The highest BCUT2D eigenvalue weighted by Crippen LogP contribution is 2.52. The van der Waals surface area contributed by atoms with Crippen LogP contribution in [0.2, 0.25) is 0 Å². The Bertz CT molecular complexity index is 710. The van der Waals surface area contributed by atoms with Gasteiger partial charge in [0.15, 0.2) is 0 Å². The molecule has 1 saturated carbocycles. The number of imide groups is 1. The molecule has 6 nitrogen and oxygen atoms in total. The van der Waals surface area contributed by atoms with Gasteiger partial charge in [0, 0.05) is 5.56 Å². The van der Waals surface area contributed by atoms with Crippen molar-refractivity contribution < 1.29 is 19.1 Å². The third-order valence-corrected chi connectivity index (χ3v) is 5.11. The van der Waals surface area contributed by atoms with Crippen LogP contribution < -0.4 is 10.2 Å². The summed E-state index contributed by atoms with van der Waals surface area (Å²) in [4.78, 5) is 37.4. The average Bonchev–Trinajstić information content (AvgIpc) is 3.26. The lowest BCUT2D eigenvalue weighted by molar-refractivity contribution is -0.143. The number of amides is 3. The molecule has 2 aliphatic carbocycles. The molecule has 3 amide bonds. The lowest BCUT2D eigenvalue weighted by Crippen LogP contribution is -2.47. The number of ether oxygens (including phenoxy) is 1. The number of hydrogen-bond donors (Lipinski definition) is 1. The Morgan fingerprint density at radius 1 is 1.12 bits per heavy atom. The second kappa shape index (κ2) is 5.47. The molecule has 24 heavy (non-hydrogen) atoms. The smallest absolute Gasteiger partial charge is 0.270 e. The monoisotopic (exact) mass is 326 g/mol. The first-order chi connectivity index (χ1) is 11.6. The summed E-state index contributed by atoms with van der Waals surface area (Å²) in [5, 5.41) is 0.917. The van der Waals surface area contributed by atoms with E-state index in [9.17, 15) is 14.4 Å². The largest absolute Gasteiger partial charge is 0.494 e. The maximum Gasteiger partial charge on any atom is 0.270 e. The first-order valence-electron chi connectivity index (χ1n) is 8.20. The molecule has 1 aliphatic heterocycles. The molecule has 1 aromatic carbocycles. The fourth-order valence-electron chi connectivity index (χ4n) is 4.05. The van der Waals surface area contributed by atoms with Crippen molar-refractivity contribution >= 4 is 17.7 Å². The van der Waals surface area contributed by atoms with E-state index in [4.69, 9.17) is 4.74 Å². The van der Waals surface area contributed by atoms with E-state index in [-0.39, 0.29) is 35.5 Å². The lowest BCUT2D eigenvalue weighted by atomic mass is 9.85. The van der Waals surface area contributed by atoms with Crippen LogP contribution in [0, 0.1) is 23.7 Å². The number of nitrogens with one attached hydrogen (secondary N) is 1. The predicted octanol–water partition coefficient (Wildman–Crippen LogP) is 1.54. The second-order valence-corrected chi connectivity index (χ2v) is 6.41. The van der Waals surface area contributed by atoms with Crippen molar-refractivity contribution in [2.45, 2.75) is 13.3 Å². The van der Waals surface area contributed by atoms with Gasteiger partial charge >= 0.3 is 0 Å². The normalized spacial score (nSPS) is 30.0. The van der Waals surface area contributed by atoms with Gasteiger partial charge in [-0.25, -0.2) is 0 Å². The van der Waals surface area contributed by atoms with E-state index in [1.165, 1.54) is 0 Å². The van der Waals surface area contributed by atoms with Gasteiger partial charge in [0.1, 0.15) is 5.75 Å². The standard InChI is InChI=1S/C18H18N2O4/c1-2-24-13-7-5-10(6-8-13)16(21)19-20-17(22)14-11-3-4-12(9-11)15(14)18(20)23/h3-8,11-12,14-15H,2,9H2,1H3,(H,19,21)/t11-,12+,14-,15-/m0/s1. The van der Waals surface area contributed by atoms with Crippen molar-refractivity contribution in [2.24, 2.45) is 23.7 Å². The minimum absolute atomic E-state index is 0.129. The van der Waals surface area contributed by atoms with Gasteiger partial charge in [-0.3, -0.25) is 19.8 Å². The van der Waals surface area contributed by atoms with Gasteiger partial charge in [0.05, 0.1) is 18.4 Å². The summed E-state index contributed by atoms with van der Waals surface area (Å²) in [5.74, 6) is -0.754. The molecule has 2 fully saturated rings. The third-order valence-electron chi connectivity index (χ3n) is 5.11. The zero-order valence-electron chi connectivity index (χ0n) is 13.3. The van der Waals surface area contributed by atoms with E-state index in [0.29, 0.717) is 17.9 Å². The Labute approximate surface area is 139 Å². The summed E-state index contributed by atoms with van der Waals surface area (Å²) >= 11 is 0. The van der Waals surface area contributed by atoms with Crippen LogP contribution in [-0.4, -0.2) is 29.3 Å². The second-order valence-electron chi connectivity index (χ2n) is 6.41. The fourth-order valence-corrected chi connectivity index (χ4v) is 4.05. The lowest BCUT2D eigenvalue weighted by Gasteiger charge is -2.18. The number of allylic oxidation sites excluding steroid dienone is 2. The summed E-state index contributed by atoms with van der Waals surface area (Å²) in [6.45, 7) is 2.42. The quantitative estimate of drug-likeness (QED) is 0.673. The molecule has 0 unspecified atom stereocenters. The molecule has 4 rings (SSSR count). The first-order valence-corrected chi connectivity index (χ1v) is 8.20. The van der Waals surface area contributed by atoms with Crippen LogP contribution in [-0.2, 0) is 9.59 Å². The minimum Gasteiger partial charge on any atom is -0.494 e. The minimum atomic E-state index is -0.472. The van der Waals surface area contributed by atoms with Gasteiger partial charge in [-0.2, -0.15) is 5.01 Å². The summed E-state index contributed by atoms with van der Waals surface area (Å²) in [7, 11) is 0. The van der Waals surface area contributed by atoms with Crippen molar-refractivity contribution in [3.8, 4) is 5.75 Å². The predicted molar refractivity (Wildman–Crippen MR) is 84.6 cm³/mol. The molecule has 1 heterocycles. The Hall–Kier alpha value is -2.63. The van der Waals surface area contributed by atoms with E-state index >= 15 is 0 Å². The van der Waals surface area contributed by atoms with E-state index in [2.05, 4.69) is 5.43 Å². The highest BCUT2D eigenvalue weighted by Gasteiger charge is 2.59. The molecular formula is C18H18N2O4. The van der Waals surface area contributed by atoms with Crippen molar-refractivity contribution in [3.05, 3.63) is 42.0 Å². The highest BCUT2D eigenvalue weighted by atomic mass is 16.5. The summed E-state index contributed by atoms with van der Waals surface area (Å²) in [5.41, 5.74) is 2.84. The van der Waals surface area contributed by atoms with E-state index < -0.39 is 5.91 Å². The molecule has 1 aromatic rings. The van der Waals surface area contributed by atoms with Crippen LogP contribution >= 0.6 is 0 Å². The zero-order chi connectivity index (χ0) is 16.8. The van der Waals surface area contributed by atoms with Gasteiger partial charge in [0.2, 0.25) is 0 Å². The van der Waals surface area contributed by atoms with Crippen LogP contribution in [0.1, 0.15) is 23.7 Å². The molecule has 0 radical (unpaired) electrons. The topological polar surface area (TPSA) is 75.7 Å². The Balaban J connectivity index is 1.48. The van der Waals surface area contributed by atoms with Gasteiger partial charge < -0.3 is 4.74 Å². The number of hydrazine groups is 1. The van der Waals surface area contributed by atoms with Crippen LogP contribution in [0.15, 0.2) is 36.4 Å². The molecule has 0 spiro atoms. The average molecular weight is 326 g/mol. The van der Waals surface area contributed by atoms with Crippen LogP contribution in [0.25, 0.3) is 0 Å². The molecule has 2 bridgehead atoms. The molecule has 6 heteroatoms. The molecular weight excluding hydrogens is 308 g/mol. The number of hydrogen-bond acceptors (Lipinski definition) is 4. The maximum absolute atomic E-state index is 12.5. The van der Waals surface area contributed by atoms with Crippen molar-refractivity contribution in [3.63, 3.8) is 0 Å². The third kappa shape index (κ3) is 2.13. The van der Waals surface area contributed by atoms with Gasteiger partial charge in [-0.05, 0) is 49.4 Å². The fraction of sp³-hybridized carbons (Fsp3) is 0.389. The molecule has 3 aliphatic rings. The Kier molecular flexibility index (Phi) is 3.40. The highest BCUT2D eigenvalue weighted by molar-refractivity contribution is 6.08. The van der Waals surface area contributed by atoms with Gasteiger partial charge in [-0.15, -0.1) is 0 Å². The van der Waals surface area contributed by atoms with Crippen LogP contribution in [0.5, 0.6) is 5.75 Å². The van der Waals surface area contributed by atoms with E-state index in [1.807, 2.05) is 19.1 Å². The molecule has 124 valence electrons. The number of fused-ring (bicyclic) bond motifs is 5. The van der Waals surface area contributed by atoms with Crippen LogP contribution in [0.3, 0.4) is 0 Å². The molecule has 1 saturated heterocycles. The van der Waals surface area contributed by atoms with Crippen molar-refractivity contribution in [1.29, 1.82) is 0 Å². The van der Waals surface area contributed by atoms with E-state index in [1.54, 1.807) is 24.3 Å². The number of nitrogens with zero attached hydrogens (tertiary/aromatic N) is 1. The van der Waals surface area contributed by atoms with Crippen molar-refractivity contribution in [2.75, 3.05) is 6.61 Å². The van der Waals surface area contributed by atoms with E-state index in [0.717, 1.165) is 11.4 Å². The zero-order valence-corrected chi connectivity index (χ0v) is 13.3. The Morgan fingerprint density at radius 3 is 2.25 bits per heavy atom. The molecule has 4 atom stereocenters. The van der Waals surface area contributed by atoms with Crippen LogP contribution in [0.4, 0.5) is 0 Å². The van der Waals surface area contributed by atoms with Gasteiger partial charge in [-0.1, -0.05) is 12.2 Å². The van der Waals surface area contributed by atoms with Crippen molar-refractivity contribution in [1.82, 2.24) is 10.4 Å². The molecule has 0 aromatic heterocycles. The number of rotatable bonds is 4. The number of carbonyl (C=O) groups is 3. The van der Waals surface area contributed by atoms with Gasteiger partial charge in [0.25, 0.3) is 17.7 Å². The summed E-state index contributed by atoms with van der Waals surface area (Å²) < 4.78 is 5.33. The number of carbonyl (C=O) groups excluding carboxylic acids is 3. The first kappa shape index (κ1) is 14.9. The maximum atomic E-state index is 12.5. The number of benzene rings is 1. The Morgan fingerprint density at radius 2 is 1.71 bits per heavy atom. The summed E-state index contributed by atoms with van der Waals surface area (Å²) in [6, 6.07) is 6.59. The SMILES string of the molecule is CCOc1ccc(C(=O)NN2C(=O)[C@@H]3[C@@H](C2=O)[C@H]2C=C[C@@H]3C2)cc1. The molecule has 1 N–H and O–H groups in total. The summed E-state index contributed by atoms with van der Waals surface area (Å²) in [6.07, 6.45) is 4.91.